The standard InChI is InChI=1S/C14H17N3O3S/c1-9-4-5-10-11(6-9)17(7-12(18)16(2)3)14(15-10)21-8-13(19)20/h4-6H,7-8H2,1-3H3,(H,19,20). The van der Waals surface area contributed by atoms with Crippen LogP contribution in [0, 0.1) is 6.92 Å². The molecule has 6 nitrogen and oxygen atoms in total. The molecule has 0 bridgehead atoms. The topological polar surface area (TPSA) is 75.4 Å². The Morgan fingerprint density at radius 3 is 2.71 bits per heavy atom. The molecule has 1 heterocycles. The number of fused-ring (bicyclic) bond motifs is 1. The van der Waals surface area contributed by atoms with E-state index in [1.165, 1.54) is 4.90 Å². The summed E-state index contributed by atoms with van der Waals surface area (Å²) < 4.78 is 1.78. The first-order chi connectivity index (χ1) is 9.88. The van der Waals surface area contributed by atoms with E-state index in [0.29, 0.717) is 5.16 Å². The second kappa shape index (κ2) is 6.17. The Balaban J connectivity index is 2.45. The summed E-state index contributed by atoms with van der Waals surface area (Å²) in [5, 5.41) is 9.37. The first-order valence-corrected chi connectivity index (χ1v) is 7.38. The van der Waals surface area contributed by atoms with Crippen molar-refractivity contribution in [3.05, 3.63) is 23.8 Å². The lowest BCUT2D eigenvalue weighted by molar-refractivity contribution is -0.134. The lowest BCUT2D eigenvalue weighted by atomic mass is 10.2. The fourth-order valence-corrected chi connectivity index (χ4v) is 2.61. The second-order valence-corrected chi connectivity index (χ2v) is 5.89. The number of hydrogen-bond acceptors (Lipinski definition) is 4. The van der Waals surface area contributed by atoms with Gasteiger partial charge in [0.25, 0.3) is 0 Å². The van der Waals surface area contributed by atoms with Crippen LogP contribution in [0.15, 0.2) is 23.4 Å². The van der Waals surface area contributed by atoms with Crippen LogP contribution in [0.1, 0.15) is 5.56 Å². The minimum atomic E-state index is -0.909. The molecule has 0 atom stereocenters. The molecule has 1 amide bonds. The molecule has 0 saturated carbocycles. The van der Waals surface area contributed by atoms with Gasteiger partial charge in [-0.05, 0) is 24.6 Å². The molecule has 0 saturated heterocycles. The number of likely N-dealkylation sites (N-methyl/N-ethyl adjacent to an activating group) is 1. The maximum absolute atomic E-state index is 12.0. The number of aryl methyl sites for hydroxylation is 1. The van der Waals surface area contributed by atoms with E-state index in [4.69, 9.17) is 5.11 Å². The Morgan fingerprint density at radius 1 is 1.38 bits per heavy atom. The number of carbonyl (C=O) groups excluding carboxylic acids is 1. The lowest BCUT2D eigenvalue weighted by Gasteiger charge is -2.13. The van der Waals surface area contributed by atoms with Crippen LogP contribution in [0.25, 0.3) is 11.0 Å². The molecule has 0 spiro atoms. The Hall–Kier alpha value is -2.02. The van der Waals surface area contributed by atoms with Gasteiger partial charge in [-0.25, -0.2) is 4.98 Å². The zero-order valence-electron chi connectivity index (χ0n) is 12.2. The Kier molecular flexibility index (Phi) is 4.52. The number of carbonyl (C=O) groups is 2. The highest BCUT2D eigenvalue weighted by Crippen LogP contribution is 2.25. The molecule has 7 heteroatoms. The third-order valence-electron chi connectivity index (χ3n) is 2.99. The first-order valence-electron chi connectivity index (χ1n) is 6.40. The van der Waals surface area contributed by atoms with E-state index in [9.17, 15) is 9.59 Å². The van der Waals surface area contributed by atoms with Crippen molar-refractivity contribution in [1.29, 1.82) is 0 Å². The van der Waals surface area contributed by atoms with Crippen molar-refractivity contribution in [2.75, 3.05) is 19.8 Å². The zero-order chi connectivity index (χ0) is 15.6. The highest BCUT2D eigenvalue weighted by molar-refractivity contribution is 7.99. The van der Waals surface area contributed by atoms with Gasteiger partial charge in [-0.15, -0.1) is 0 Å². The van der Waals surface area contributed by atoms with Crippen molar-refractivity contribution in [2.24, 2.45) is 0 Å². The summed E-state index contributed by atoms with van der Waals surface area (Å²) in [6, 6.07) is 5.78. The fraction of sp³-hybridized carbons (Fsp3) is 0.357. The molecule has 2 rings (SSSR count). The second-order valence-electron chi connectivity index (χ2n) is 4.94. The van der Waals surface area contributed by atoms with Gasteiger partial charge in [0.1, 0.15) is 6.54 Å². The van der Waals surface area contributed by atoms with E-state index >= 15 is 0 Å². The zero-order valence-corrected chi connectivity index (χ0v) is 13.0. The number of carboxylic acids is 1. The summed E-state index contributed by atoms with van der Waals surface area (Å²) in [6.45, 7) is 2.11. The summed E-state index contributed by atoms with van der Waals surface area (Å²) in [5.41, 5.74) is 2.67. The third-order valence-corrected chi connectivity index (χ3v) is 3.95. The van der Waals surface area contributed by atoms with Gasteiger partial charge in [-0.3, -0.25) is 9.59 Å². The maximum Gasteiger partial charge on any atom is 0.313 e. The van der Waals surface area contributed by atoms with Crippen molar-refractivity contribution in [2.45, 2.75) is 18.6 Å². The highest BCUT2D eigenvalue weighted by Gasteiger charge is 2.16. The molecule has 0 radical (unpaired) electrons. The summed E-state index contributed by atoms with van der Waals surface area (Å²) in [5.74, 6) is -1.06. The van der Waals surface area contributed by atoms with Crippen molar-refractivity contribution in [3.63, 3.8) is 0 Å². The smallest absolute Gasteiger partial charge is 0.313 e. The normalized spacial score (nSPS) is 10.8. The molecule has 21 heavy (non-hydrogen) atoms. The number of hydrogen-bond donors (Lipinski definition) is 1. The van der Waals surface area contributed by atoms with Gasteiger partial charge in [0.05, 0.1) is 16.8 Å². The fourth-order valence-electron chi connectivity index (χ4n) is 1.88. The molecule has 2 aromatic rings. The van der Waals surface area contributed by atoms with Crippen molar-refractivity contribution >= 4 is 34.7 Å². The minimum Gasteiger partial charge on any atom is -0.481 e. The Morgan fingerprint density at radius 2 is 2.10 bits per heavy atom. The summed E-state index contributed by atoms with van der Waals surface area (Å²) in [6.07, 6.45) is 0. The van der Waals surface area contributed by atoms with E-state index in [1.54, 1.807) is 18.7 Å². The molecular formula is C14H17N3O3S. The molecule has 0 aliphatic heterocycles. The van der Waals surface area contributed by atoms with Crippen LogP contribution >= 0.6 is 11.8 Å². The SMILES string of the molecule is Cc1ccc2nc(SCC(=O)O)n(CC(=O)N(C)C)c2c1. The number of rotatable bonds is 5. The van der Waals surface area contributed by atoms with Gasteiger partial charge in [0.2, 0.25) is 5.91 Å². The van der Waals surface area contributed by atoms with Crippen LogP contribution in [-0.4, -0.2) is 51.3 Å². The third kappa shape index (κ3) is 3.55. The Bertz CT molecular complexity index is 694. The van der Waals surface area contributed by atoms with Gasteiger partial charge < -0.3 is 14.6 Å². The van der Waals surface area contributed by atoms with Crippen LogP contribution < -0.4 is 0 Å². The number of imidazole rings is 1. The molecule has 0 aliphatic rings. The molecule has 0 fully saturated rings. The predicted octanol–water partition coefficient (Wildman–Crippen LogP) is 1.61. The largest absolute Gasteiger partial charge is 0.481 e. The summed E-state index contributed by atoms with van der Waals surface area (Å²) >= 11 is 1.12. The predicted molar refractivity (Wildman–Crippen MR) is 81.5 cm³/mol. The van der Waals surface area contributed by atoms with Crippen LogP contribution in [0.2, 0.25) is 0 Å². The first kappa shape index (κ1) is 15.4. The molecule has 1 aromatic carbocycles. The van der Waals surface area contributed by atoms with Gasteiger partial charge in [0.15, 0.2) is 5.16 Å². The molecule has 0 aliphatic carbocycles. The van der Waals surface area contributed by atoms with E-state index < -0.39 is 5.97 Å². The number of nitrogens with zero attached hydrogens (tertiary/aromatic N) is 3. The lowest BCUT2D eigenvalue weighted by Crippen LogP contribution is -2.26. The average Bonchev–Trinajstić information content (AvgIpc) is 2.74. The number of benzene rings is 1. The molecular weight excluding hydrogens is 290 g/mol. The number of aliphatic carboxylic acids is 1. The van der Waals surface area contributed by atoms with E-state index in [1.807, 2.05) is 25.1 Å². The van der Waals surface area contributed by atoms with Crippen LogP contribution in [0.5, 0.6) is 0 Å². The maximum atomic E-state index is 12.0. The number of thioether (sulfide) groups is 1. The van der Waals surface area contributed by atoms with Gasteiger partial charge in [-0.2, -0.15) is 0 Å². The number of aromatic nitrogens is 2. The molecule has 1 aromatic heterocycles. The van der Waals surface area contributed by atoms with Crippen molar-refractivity contribution < 1.29 is 14.7 Å². The van der Waals surface area contributed by atoms with Gasteiger partial charge in [-0.1, -0.05) is 17.8 Å². The van der Waals surface area contributed by atoms with E-state index in [-0.39, 0.29) is 18.2 Å². The molecule has 112 valence electrons. The van der Waals surface area contributed by atoms with Gasteiger partial charge >= 0.3 is 5.97 Å². The van der Waals surface area contributed by atoms with E-state index in [0.717, 1.165) is 28.4 Å². The van der Waals surface area contributed by atoms with Crippen LogP contribution in [0.4, 0.5) is 0 Å². The monoisotopic (exact) mass is 307 g/mol. The number of amides is 1. The summed E-state index contributed by atoms with van der Waals surface area (Å²) in [4.78, 5) is 28.7. The van der Waals surface area contributed by atoms with Gasteiger partial charge in [0, 0.05) is 14.1 Å². The quantitative estimate of drug-likeness (QED) is 0.849. The minimum absolute atomic E-state index is 0.0621. The van der Waals surface area contributed by atoms with Crippen LogP contribution in [-0.2, 0) is 16.1 Å². The average molecular weight is 307 g/mol. The molecule has 0 unspecified atom stereocenters. The summed E-state index contributed by atoms with van der Waals surface area (Å²) in [7, 11) is 3.38. The Labute approximate surface area is 126 Å². The van der Waals surface area contributed by atoms with E-state index in [2.05, 4.69) is 4.98 Å². The van der Waals surface area contributed by atoms with Crippen LogP contribution in [0.3, 0.4) is 0 Å². The highest BCUT2D eigenvalue weighted by atomic mass is 32.2. The number of carboxylic acid groups (broad SMARTS) is 1. The van der Waals surface area contributed by atoms with Crippen molar-refractivity contribution in [3.8, 4) is 0 Å². The molecule has 1 N–H and O–H groups in total. The van der Waals surface area contributed by atoms with Crippen molar-refractivity contribution in [1.82, 2.24) is 14.5 Å².